The van der Waals surface area contributed by atoms with Gasteiger partial charge in [-0.2, -0.15) is 0 Å². The summed E-state index contributed by atoms with van der Waals surface area (Å²) in [4.78, 5) is 2.99. The first-order chi connectivity index (χ1) is 6.86. The minimum absolute atomic E-state index is 0.120. The van der Waals surface area contributed by atoms with Crippen LogP contribution in [-0.4, -0.2) is 22.1 Å². The van der Waals surface area contributed by atoms with Gasteiger partial charge >= 0.3 is 89.8 Å². The van der Waals surface area contributed by atoms with Crippen LogP contribution in [0.4, 0.5) is 0 Å². The van der Waals surface area contributed by atoms with Crippen molar-refractivity contribution >= 4 is 15.0 Å². The predicted molar refractivity (Wildman–Crippen MR) is 56.0 cm³/mol. The molecule has 70 valence electrons. The van der Waals surface area contributed by atoms with Crippen LogP contribution in [0.2, 0.25) is 5.32 Å². The Balaban J connectivity index is 2.58. The molecule has 0 N–H and O–H groups in total. The normalized spacial score (nSPS) is 8.29. The van der Waals surface area contributed by atoms with Crippen LogP contribution in [0.1, 0.15) is 5.56 Å². The Morgan fingerprint density at radius 2 is 2.07 bits per heavy atom. The number of ether oxygens (including phenoxy) is 1. The fourth-order valence-electron chi connectivity index (χ4n) is 0.838. The summed E-state index contributed by atoms with van der Waals surface area (Å²) in [5.41, 5.74) is 0.964. The van der Waals surface area contributed by atoms with Gasteiger partial charge in [-0.05, 0) is 0 Å². The molecular formula is C11H9NOSe. The topological polar surface area (TPSA) is 33.0 Å². The van der Waals surface area contributed by atoms with Gasteiger partial charge in [0.25, 0.3) is 0 Å². The summed E-state index contributed by atoms with van der Waals surface area (Å²) in [6.07, 6.45) is 0. The van der Waals surface area contributed by atoms with Crippen molar-refractivity contribution < 1.29 is 4.74 Å². The summed E-state index contributed by atoms with van der Waals surface area (Å²) in [5.74, 6) is 3.83. The molecule has 0 spiro atoms. The molecule has 1 rings (SSSR count). The number of nitrogens with zero attached hydrogens (tertiary/aromatic N) is 1. The van der Waals surface area contributed by atoms with E-state index in [0.29, 0.717) is 5.32 Å². The van der Waals surface area contributed by atoms with Gasteiger partial charge in [-0.25, -0.2) is 0 Å². The van der Waals surface area contributed by atoms with E-state index in [1.807, 2.05) is 24.3 Å². The second-order valence-electron chi connectivity index (χ2n) is 2.40. The van der Waals surface area contributed by atoms with E-state index in [1.165, 1.54) is 0 Å². The molecule has 0 heterocycles. The molecule has 0 bridgehead atoms. The molecule has 0 amide bonds. The first-order valence-electron chi connectivity index (χ1n) is 4.00. The Kier molecular flexibility index (Phi) is 4.65. The summed E-state index contributed by atoms with van der Waals surface area (Å²) < 4.78 is 5.02. The number of rotatable bonds is 2. The fourth-order valence-corrected chi connectivity index (χ4v) is 1.52. The SMILES string of the molecule is COc1ccc(C#C[Se]CC#N)cc1. The Hall–Kier alpha value is -1.41. The molecule has 14 heavy (non-hydrogen) atoms. The number of hydrogen-bond acceptors (Lipinski definition) is 2. The average Bonchev–Trinajstić information content (AvgIpc) is 2.25. The third-order valence-electron chi connectivity index (χ3n) is 1.49. The summed E-state index contributed by atoms with van der Waals surface area (Å²) in [7, 11) is 1.64. The molecule has 0 atom stereocenters. The van der Waals surface area contributed by atoms with Crippen molar-refractivity contribution in [2.75, 3.05) is 7.11 Å². The average molecular weight is 250 g/mol. The predicted octanol–water partition coefficient (Wildman–Crippen LogP) is 1.65. The van der Waals surface area contributed by atoms with Gasteiger partial charge in [0, 0.05) is 0 Å². The van der Waals surface area contributed by atoms with Gasteiger partial charge in [0.15, 0.2) is 0 Å². The third-order valence-corrected chi connectivity index (χ3v) is 2.58. The number of benzene rings is 1. The third kappa shape index (κ3) is 3.54. The van der Waals surface area contributed by atoms with E-state index in [4.69, 9.17) is 10.00 Å². The summed E-state index contributed by atoms with van der Waals surface area (Å²) in [6, 6.07) is 9.65. The molecule has 0 radical (unpaired) electrons. The van der Waals surface area contributed by atoms with Crippen molar-refractivity contribution in [3.05, 3.63) is 29.8 Å². The van der Waals surface area contributed by atoms with Gasteiger partial charge in [0.2, 0.25) is 0 Å². The zero-order valence-electron chi connectivity index (χ0n) is 7.78. The second-order valence-corrected chi connectivity index (χ2v) is 4.04. The van der Waals surface area contributed by atoms with Crippen LogP contribution in [-0.2, 0) is 0 Å². The molecule has 0 aliphatic carbocycles. The molecule has 2 nitrogen and oxygen atoms in total. The van der Waals surface area contributed by atoms with Gasteiger partial charge in [-0.15, -0.1) is 0 Å². The summed E-state index contributed by atoms with van der Waals surface area (Å²) in [5, 5.41) is 8.86. The summed E-state index contributed by atoms with van der Waals surface area (Å²) in [6.45, 7) is 0. The Bertz CT molecular complexity index is 380. The first kappa shape index (κ1) is 10.7. The van der Waals surface area contributed by atoms with E-state index in [0.717, 1.165) is 11.3 Å². The molecule has 0 aromatic heterocycles. The van der Waals surface area contributed by atoms with Crippen LogP contribution in [0.15, 0.2) is 24.3 Å². The fraction of sp³-hybridized carbons (Fsp3) is 0.182. The molecule has 0 unspecified atom stereocenters. The van der Waals surface area contributed by atoms with Gasteiger partial charge in [0.05, 0.1) is 0 Å². The van der Waals surface area contributed by atoms with E-state index in [1.54, 1.807) is 7.11 Å². The van der Waals surface area contributed by atoms with Gasteiger partial charge in [-0.1, -0.05) is 0 Å². The van der Waals surface area contributed by atoms with E-state index in [-0.39, 0.29) is 15.0 Å². The van der Waals surface area contributed by atoms with E-state index < -0.39 is 0 Å². The van der Waals surface area contributed by atoms with E-state index >= 15 is 0 Å². The second kappa shape index (κ2) is 6.11. The van der Waals surface area contributed by atoms with Crippen LogP contribution in [0.25, 0.3) is 0 Å². The molecule has 0 aliphatic rings. The van der Waals surface area contributed by atoms with Crippen LogP contribution in [0.3, 0.4) is 0 Å². The molecule has 3 heteroatoms. The molecule has 0 aliphatic heterocycles. The summed E-state index contributed by atoms with van der Waals surface area (Å²) >= 11 is 0.120. The van der Waals surface area contributed by atoms with Crippen LogP contribution in [0, 0.1) is 22.1 Å². The Morgan fingerprint density at radius 3 is 2.64 bits per heavy atom. The first-order valence-corrected chi connectivity index (χ1v) is 6.07. The van der Waals surface area contributed by atoms with Gasteiger partial charge in [0.1, 0.15) is 0 Å². The van der Waals surface area contributed by atoms with E-state index in [9.17, 15) is 0 Å². The van der Waals surface area contributed by atoms with Crippen molar-refractivity contribution in [2.45, 2.75) is 5.32 Å². The van der Waals surface area contributed by atoms with Crippen LogP contribution >= 0.6 is 0 Å². The van der Waals surface area contributed by atoms with Crippen molar-refractivity contribution in [3.8, 4) is 22.6 Å². The molecule has 0 saturated heterocycles. The molecule has 0 saturated carbocycles. The van der Waals surface area contributed by atoms with E-state index in [2.05, 4.69) is 16.8 Å². The zero-order chi connectivity index (χ0) is 10.2. The maximum absolute atomic E-state index is 8.31. The van der Waals surface area contributed by atoms with Crippen molar-refractivity contribution in [2.24, 2.45) is 0 Å². The van der Waals surface area contributed by atoms with Gasteiger partial charge < -0.3 is 0 Å². The number of hydrogen-bond donors (Lipinski definition) is 0. The Morgan fingerprint density at radius 1 is 1.36 bits per heavy atom. The van der Waals surface area contributed by atoms with Crippen molar-refractivity contribution in [1.29, 1.82) is 5.26 Å². The number of nitriles is 1. The quantitative estimate of drug-likeness (QED) is 0.454. The van der Waals surface area contributed by atoms with Gasteiger partial charge in [-0.3, -0.25) is 0 Å². The van der Waals surface area contributed by atoms with Crippen molar-refractivity contribution in [3.63, 3.8) is 0 Å². The Labute approximate surface area is 90.0 Å². The molecule has 0 fully saturated rings. The zero-order valence-corrected chi connectivity index (χ0v) is 9.49. The molecule has 1 aromatic rings. The van der Waals surface area contributed by atoms with Crippen molar-refractivity contribution in [1.82, 2.24) is 0 Å². The standard InChI is InChI=1S/C11H9NOSe/c1-13-11-4-2-10(3-5-11)6-8-14-9-7-12/h2-5H,9H2,1H3. The molecule has 1 aromatic carbocycles. The number of methoxy groups -OCH3 is 1. The molecular weight excluding hydrogens is 241 g/mol. The monoisotopic (exact) mass is 251 g/mol. The van der Waals surface area contributed by atoms with Crippen LogP contribution in [0.5, 0.6) is 5.75 Å². The maximum atomic E-state index is 8.31. The minimum atomic E-state index is 0.120. The van der Waals surface area contributed by atoms with Crippen LogP contribution < -0.4 is 4.74 Å².